The number of ether oxygens (including phenoxy) is 1. The zero-order valence-corrected chi connectivity index (χ0v) is 9.51. The Kier molecular flexibility index (Phi) is 2.59. The molecular weight excluding hydrogens is 212 g/mol. The molecule has 15 heavy (non-hydrogen) atoms. The summed E-state index contributed by atoms with van der Waals surface area (Å²) in [4.78, 5) is 0. The predicted molar refractivity (Wildman–Crippen MR) is 62.4 cm³/mol. The van der Waals surface area contributed by atoms with Gasteiger partial charge >= 0.3 is 0 Å². The number of fused-ring (bicyclic) bond motifs is 1. The molecule has 0 unspecified atom stereocenters. The number of nitrogens with two attached hydrogens (primary N) is 1. The summed E-state index contributed by atoms with van der Waals surface area (Å²) in [5, 5.41) is 1.69. The first-order valence-electron chi connectivity index (χ1n) is 4.70. The fourth-order valence-corrected chi connectivity index (χ4v) is 2.13. The monoisotopic (exact) mass is 224 g/mol. The Morgan fingerprint density at radius 3 is 2.80 bits per heavy atom. The first kappa shape index (κ1) is 10.3. The summed E-state index contributed by atoms with van der Waals surface area (Å²) in [6, 6.07) is 5.86. The maximum absolute atomic E-state index is 6.19. The van der Waals surface area contributed by atoms with Crippen LogP contribution < -0.4 is 10.5 Å². The second-order valence-corrected chi connectivity index (χ2v) is 3.74. The Morgan fingerprint density at radius 2 is 2.20 bits per heavy atom. The molecule has 0 aliphatic carbocycles. The standard InChI is InChI=1S/C11H13ClN2O/c1-14-8-4-3-5-9(15-2)10(8)7(6-13)11(14)12/h3-5H,6,13H2,1-2H3. The van der Waals surface area contributed by atoms with Gasteiger partial charge in [-0.1, -0.05) is 17.7 Å². The molecule has 0 fully saturated rings. The van der Waals surface area contributed by atoms with E-state index in [4.69, 9.17) is 22.1 Å². The van der Waals surface area contributed by atoms with E-state index in [1.165, 1.54) is 0 Å². The number of nitrogens with zero attached hydrogens (tertiary/aromatic N) is 1. The lowest BCUT2D eigenvalue weighted by atomic mass is 10.1. The molecular formula is C11H13ClN2O. The average Bonchev–Trinajstić information content (AvgIpc) is 2.52. The van der Waals surface area contributed by atoms with Gasteiger partial charge in [-0.05, 0) is 12.1 Å². The Morgan fingerprint density at radius 1 is 1.47 bits per heavy atom. The van der Waals surface area contributed by atoms with Crippen LogP contribution in [0, 0.1) is 0 Å². The SMILES string of the molecule is COc1cccc2c1c(CN)c(Cl)n2C. The van der Waals surface area contributed by atoms with E-state index in [9.17, 15) is 0 Å². The highest BCUT2D eigenvalue weighted by atomic mass is 35.5. The van der Waals surface area contributed by atoms with Crippen LogP contribution in [0.1, 0.15) is 5.56 Å². The van der Waals surface area contributed by atoms with E-state index < -0.39 is 0 Å². The maximum atomic E-state index is 6.19. The average molecular weight is 225 g/mol. The first-order valence-corrected chi connectivity index (χ1v) is 5.08. The van der Waals surface area contributed by atoms with E-state index >= 15 is 0 Å². The number of methoxy groups -OCH3 is 1. The summed E-state index contributed by atoms with van der Waals surface area (Å²) in [7, 11) is 3.57. The van der Waals surface area contributed by atoms with Gasteiger partial charge in [-0.15, -0.1) is 0 Å². The summed E-state index contributed by atoms with van der Waals surface area (Å²) in [5.74, 6) is 0.815. The lowest BCUT2D eigenvalue weighted by Crippen LogP contribution is -1.97. The number of aryl methyl sites for hydroxylation is 1. The third kappa shape index (κ3) is 1.39. The van der Waals surface area contributed by atoms with Crippen molar-refractivity contribution in [3.8, 4) is 5.75 Å². The van der Waals surface area contributed by atoms with E-state index in [1.54, 1.807) is 7.11 Å². The molecule has 1 aromatic carbocycles. The van der Waals surface area contributed by atoms with Crippen molar-refractivity contribution in [1.82, 2.24) is 4.57 Å². The molecule has 0 aliphatic rings. The highest BCUT2D eigenvalue weighted by Gasteiger charge is 2.15. The fraction of sp³-hybridized carbons (Fsp3) is 0.273. The zero-order valence-electron chi connectivity index (χ0n) is 8.75. The second kappa shape index (κ2) is 3.76. The molecule has 80 valence electrons. The normalized spacial score (nSPS) is 10.9. The summed E-state index contributed by atoms with van der Waals surface area (Å²) >= 11 is 6.19. The summed E-state index contributed by atoms with van der Waals surface area (Å²) in [5.41, 5.74) is 7.68. The number of hydrogen-bond acceptors (Lipinski definition) is 2. The van der Waals surface area contributed by atoms with Crippen molar-refractivity contribution in [2.75, 3.05) is 7.11 Å². The molecule has 0 bridgehead atoms. The van der Waals surface area contributed by atoms with Crippen molar-refractivity contribution < 1.29 is 4.74 Å². The molecule has 0 atom stereocenters. The van der Waals surface area contributed by atoms with Crippen LogP contribution >= 0.6 is 11.6 Å². The number of aromatic nitrogens is 1. The van der Waals surface area contributed by atoms with Crippen LogP contribution in [0.4, 0.5) is 0 Å². The van der Waals surface area contributed by atoms with Crippen LogP contribution in [0.3, 0.4) is 0 Å². The molecule has 4 heteroatoms. The molecule has 0 radical (unpaired) electrons. The van der Waals surface area contributed by atoms with E-state index in [1.807, 2.05) is 29.8 Å². The Bertz CT molecular complexity index is 505. The van der Waals surface area contributed by atoms with Gasteiger partial charge in [0.25, 0.3) is 0 Å². The van der Waals surface area contributed by atoms with Crippen molar-refractivity contribution in [2.45, 2.75) is 6.54 Å². The van der Waals surface area contributed by atoms with Gasteiger partial charge in [-0.2, -0.15) is 0 Å². The molecule has 2 N–H and O–H groups in total. The van der Waals surface area contributed by atoms with Gasteiger partial charge in [0.2, 0.25) is 0 Å². The number of hydrogen-bond donors (Lipinski definition) is 1. The molecule has 0 spiro atoms. The van der Waals surface area contributed by atoms with Gasteiger partial charge in [0.15, 0.2) is 0 Å². The summed E-state index contributed by atoms with van der Waals surface area (Å²) < 4.78 is 7.23. The van der Waals surface area contributed by atoms with Crippen LogP contribution in [0.2, 0.25) is 5.15 Å². The minimum Gasteiger partial charge on any atom is -0.496 e. The molecule has 0 amide bonds. The molecule has 1 aromatic heterocycles. The molecule has 0 aliphatic heterocycles. The summed E-state index contributed by atoms with van der Waals surface area (Å²) in [6.07, 6.45) is 0. The molecule has 0 saturated heterocycles. The Balaban J connectivity index is 2.91. The van der Waals surface area contributed by atoms with Gasteiger partial charge in [0.1, 0.15) is 10.9 Å². The van der Waals surface area contributed by atoms with E-state index in [-0.39, 0.29) is 0 Å². The Labute approximate surface area is 93.4 Å². The molecule has 0 saturated carbocycles. The maximum Gasteiger partial charge on any atom is 0.128 e. The van der Waals surface area contributed by atoms with Crippen LogP contribution in [0.15, 0.2) is 18.2 Å². The van der Waals surface area contributed by atoms with Crippen LogP contribution in [-0.4, -0.2) is 11.7 Å². The molecule has 2 aromatic rings. The van der Waals surface area contributed by atoms with Gasteiger partial charge < -0.3 is 15.0 Å². The topological polar surface area (TPSA) is 40.2 Å². The van der Waals surface area contributed by atoms with Crippen molar-refractivity contribution in [1.29, 1.82) is 0 Å². The van der Waals surface area contributed by atoms with Gasteiger partial charge in [-0.3, -0.25) is 0 Å². The van der Waals surface area contributed by atoms with E-state index in [0.717, 1.165) is 22.2 Å². The molecule has 2 rings (SSSR count). The first-order chi connectivity index (χ1) is 7.20. The van der Waals surface area contributed by atoms with Gasteiger partial charge in [-0.25, -0.2) is 0 Å². The van der Waals surface area contributed by atoms with Crippen molar-refractivity contribution in [3.63, 3.8) is 0 Å². The van der Waals surface area contributed by atoms with Crippen LogP contribution in [0.25, 0.3) is 10.9 Å². The predicted octanol–water partition coefficient (Wildman–Crippen LogP) is 2.30. The minimum atomic E-state index is 0.413. The number of halogens is 1. The quantitative estimate of drug-likeness (QED) is 0.851. The highest BCUT2D eigenvalue weighted by molar-refractivity contribution is 6.32. The lowest BCUT2D eigenvalue weighted by Gasteiger charge is -2.03. The number of rotatable bonds is 2. The van der Waals surface area contributed by atoms with Crippen molar-refractivity contribution in [3.05, 3.63) is 28.9 Å². The zero-order chi connectivity index (χ0) is 11.0. The van der Waals surface area contributed by atoms with Gasteiger partial charge in [0, 0.05) is 24.5 Å². The fourth-order valence-electron chi connectivity index (χ4n) is 1.87. The lowest BCUT2D eigenvalue weighted by molar-refractivity contribution is 0.419. The Hall–Kier alpha value is -1.19. The highest BCUT2D eigenvalue weighted by Crippen LogP contribution is 2.34. The number of benzene rings is 1. The van der Waals surface area contributed by atoms with Gasteiger partial charge in [0.05, 0.1) is 12.6 Å². The molecule has 1 heterocycles. The van der Waals surface area contributed by atoms with E-state index in [0.29, 0.717) is 11.7 Å². The second-order valence-electron chi connectivity index (χ2n) is 3.39. The molecule has 3 nitrogen and oxygen atoms in total. The van der Waals surface area contributed by atoms with Crippen LogP contribution in [-0.2, 0) is 13.6 Å². The minimum absolute atomic E-state index is 0.413. The smallest absolute Gasteiger partial charge is 0.128 e. The largest absolute Gasteiger partial charge is 0.496 e. The summed E-state index contributed by atoms with van der Waals surface area (Å²) in [6.45, 7) is 0.413. The van der Waals surface area contributed by atoms with Crippen molar-refractivity contribution in [2.24, 2.45) is 12.8 Å². The third-order valence-electron chi connectivity index (χ3n) is 2.63. The van der Waals surface area contributed by atoms with E-state index in [2.05, 4.69) is 0 Å². The van der Waals surface area contributed by atoms with Crippen LogP contribution in [0.5, 0.6) is 5.75 Å². The van der Waals surface area contributed by atoms with Crippen molar-refractivity contribution >= 4 is 22.5 Å². The third-order valence-corrected chi connectivity index (χ3v) is 3.12.